The Morgan fingerprint density at radius 1 is 1.08 bits per heavy atom. The largest absolute Gasteiger partial charge is 0.493 e. The molecule has 2 N–H and O–H groups in total. The zero-order valence-electron chi connectivity index (χ0n) is 14.5. The number of ether oxygens (including phenoxy) is 2. The first kappa shape index (κ1) is 17.1. The van der Waals surface area contributed by atoms with Crippen LogP contribution in [0.1, 0.15) is 36.0 Å². The van der Waals surface area contributed by atoms with Gasteiger partial charge >= 0.3 is 0 Å². The quantitative estimate of drug-likeness (QED) is 0.838. The molecule has 3 rings (SSSR count). The van der Waals surface area contributed by atoms with E-state index in [-0.39, 0.29) is 5.91 Å². The fraction of sp³-hybridized carbons (Fsp3) is 0.368. The second-order valence-corrected chi connectivity index (χ2v) is 6.08. The standard InChI is InChI=1S/C19H23N3O3/c1-24-16-9-7-13(11-17(16)25-2)19(23)22-15-8-10-18(20-12-15)21-14-5-3-4-6-14/h7-12,14H,3-6H2,1-2H3,(H,20,21)(H,22,23). The molecular weight excluding hydrogens is 318 g/mol. The highest BCUT2D eigenvalue weighted by Crippen LogP contribution is 2.28. The van der Waals surface area contributed by atoms with Crippen LogP contribution in [0.4, 0.5) is 11.5 Å². The molecule has 0 atom stereocenters. The van der Waals surface area contributed by atoms with Gasteiger partial charge in [-0.3, -0.25) is 4.79 Å². The van der Waals surface area contributed by atoms with Gasteiger partial charge in [-0.15, -0.1) is 0 Å². The van der Waals surface area contributed by atoms with Crippen LogP contribution in [0.2, 0.25) is 0 Å². The average molecular weight is 341 g/mol. The molecule has 6 nitrogen and oxygen atoms in total. The monoisotopic (exact) mass is 341 g/mol. The lowest BCUT2D eigenvalue weighted by Gasteiger charge is -2.13. The maximum absolute atomic E-state index is 12.4. The molecule has 1 heterocycles. The van der Waals surface area contributed by atoms with E-state index >= 15 is 0 Å². The number of hydrogen-bond acceptors (Lipinski definition) is 5. The number of anilines is 2. The maximum atomic E-state index is 12.4. The Kier molecular flexibility index (Phi) is 5.38. The van der Waals surface area contributed by atoms with Crippen molar-refractivity contribution in [2.45, 2.75) is 31.7 Å². The Morgan fingerprint density at radius 2 is 1.84 bits per heavy atom. The van der Waals surface area contributed by atoms with E-state index in [9.17, 15) is 4.79 Å². The van der Waals surface area contributed by atoms with Gasteiger partial charge in [0.15, 0.2) is 11.5 Å². The molecule has 1 fully saturated rings. The average Bonchev–Trinajstić information content (AvgIpc) is 3.15. The highest BCUT2D eigenvalue weighted by atomic mass is 16.5. The van der Waals surface area contributed by atoms with Gasteiger partial charge in [0.25, 0.3) is 5.91 Å². The number of benzene rings is 1. The number of carbonyl (C=O) groups is 1. The van der Waals surface area contributed by atoms with E-state index in [0.29, 0.717) is 28.8 Å². The lowest BCUT2D eigenvalue weighted by Crippen LogP contribution is -2.16. The van der Waals surface area contributed by atoms with Crippen LogP contribution < -0.4 is 20.1 Å². The smallest absolute Gasteiger partial charge is 0.255 e. The molecule has 0 unspecified atom stereocenters. The van der Waals surface area contributed by atoms with Crippen molar-refractivity contribution in [1.29, 1.82) is 0 Å². The van der Waals surface area contributed by atoms with Crippen LogP contribution in [-0.2, 0) is 0 Å². The second kappa shape index (κ2) is 7.88. The number of aromatic nitrogens is 1. The summed E-state index contributed by atoms with van der Waals surface area (Å²) >= 11 is 0. The summed E-state index contributed by atoms with van der Waals surface area (Å²) in [4.78, 5) is 16.8. The third-order valence-electron chi connectivity index (χ3n) is 4.37. The van der Waals surface area contributed by atoms with E-state index < -0.39 is 0 Å². The van der Waals surface area contributed by atoms with Crippen molar-refractivity contribution in [2.75, 3.05) is 24.9 Å². The minimum atomic E-state index is -0.223. The molecule has 0 aliphatic heterocycles. The van der Waals surface area contributed by atoms with Crippen molar-refractivity contribution < 1.29 is 14.3 Å². The summed E-state index contributed by atoms with van der Waals surface area (Å²) < 4.78 is 10.4. The van der Waals surface area contributed by atoms with Gasteiger partial charge in [-0.25, -0.2) is 4.98 Å². The van der Waals surface area contributed by atoms with E-state index in [1.54, 1.807) is 38.6 Å². The van der Waals surface area contributed by atoms with Crippen molar-refractivity contribution in [3.63, 3.8) is 0 Å². The molecule has 0 spiro atoms. The van der Waals surface area contributed by atoms with Gasteiger partial charge in [0, 0.05) is 11.6 Å². The molecular formula is C19H23N3O3. The van der Waals surface area contributed by atoms with E-state index in [0.717, 1.165) is 5.82 Å². The van der Waals surface area contributed by atoms with Crippen molar-refractivity contribution in [3.05, 3.63) is 42.1 Å². The lowest BCUT2D eigenvalue weighted by atomic mass is 10.2. The molecule has 1 aliphatic rings. The van der Waals surface area contributed by atoms with E-state index in [4.69, 9.17) is 9.47 Å². The fourth-order valence-electron chi connectivity index (χ4n) is 3.01. The SMILES string of the molecule is COc1ccc(C(=O)Nc2ccc(NC3CCCC3)nc2)cc1OC. The zero-order chi connectivity index (χ0) is 17.6. The number of rotatable bonds is 6. The molecule has 132 valence electrons. The number of hydrogen-bond donors (Lipinski definition) is 2. The first-order valence-corrected chi connectivity index (χ1v) is 8.45. The molecule has 0 saturated heterocycles. The van der Waals surface area contributed by atoms with Crippen LogP contribution in [-0.4, -0.2) is 31.2 Å². The molecule has 1 aliphatic carbocycles. The predicted molar refractivity (Wildman–Crippen MR) is 97.6 cm³/mol. The molecule has 1 saturated carbocycles. The van der Waals surface area contributed by atoms with Crippen LogP contribution in [0.15, 0.2) is 36.5 Å². The Balaban J connectivity index is 1.64. The second-order valence-electron chi connectivity index (χ2n) is 6.08. The summed E-state index contributed by atoms with van der Waals surface area (Å²) in [5, 5.41) is 6.27. The van der Waals surface area contributed by atoms with Crippen molar-refractivity contribution in [3.8, 4) is 11.5 Å². The highest BCUT2D eigenvalue weighted by molar-refractivity contribution is 6.04. The van der Waals surface area contributed by atoms with Crippen LogP contribution >= 0.6 is 0 Å². The normalized spacial score (nSPS) is 14.2. The van der Waals surface area contributed by atoms with Gasteiger partial charge < -0.3 is 20.1 Å². The summed E-state index contributed by atoms with van der Waals surface area (Å²) in [5.41, 5.74) is 1.14. The van der Waals surface area contributed by atoms with Crippen LogP contribution in [0.5, 0.6) is 11.5 Å². The molecule has 1 aromatic heterocycles. The Hall–Kier alpha value is -2.76. The number of methoxy groups -OCH3 is 2. The number of nitrogens with one attached hydrogen (secondary N) is 2. The molecule has 6 heteroatoms. The topological polar surface area (TPSA) is 72.5 Å². The number of amides is 1. The minimum absolute atomic E-state index is 0.223. The van der Waals surface area contributed by atoms with E-state index in [2.05, 4.69) is 15.6 Å². The Labute approximate surface area is 147 Å². The van der Waals surface area contributed by atoms with Crippen LogP contribution in [0.3, 0.4) is 0 Å². The van der Waals surface area contributed by atoms with Gasteiger partial charge in [-0.2, -0.15) is 0 Å². The molecule has 1 aromatic carbocycles. The van der Waals surface area contributed by atoms with E-state index in [1.807, 2.05) is 12.1 Å². The molecule has 1 amide bonds. The number of pyridine rings is 1. The summed E-state index contributed by atoms with van der Waals surface area (Å²) in [5.74, 6) is 1.72. The predicted octanol–water partition coefficient (Wildman–Crippen LogP) is 3.71. The van der Waals surface area contributed by atoms with Gasteiger partial charge in [0.1, 0.15) is 5.82 Å². The number of nitrogens with zero attached hydrogens (tertiary/aromatic N) is 1. The van der Waals surface area contributed by atoms with Crippen molar-refractivity contribution in [2.24, 2.45) is 0 Å². The first-order valence-electron chi connectivity index (χ1n) is 8.45. The molecule has 2 aromatic rings. The molecule has 0 radical (unpaired) electrons. The minimum Gasteiger partial charge on any atom is -0.493 e. The summed E-state index contributed by atoms with van der Waals surface area (Å²) in [7, 11) is 3.10. The van der Waals surface area contributed by atoms with Gasteiger partial charge in [0.05, 0.1) is 26.1 Å². The fourth-order valence-corrected chi connectivity index (χ4v) is 3.01. The number of carbonyl (C=O) groups excluding carboxylic acids is 1. The van der Waals surface area contributed by atoms with Gasteiger partial charge in [-0.05, 0) is 43.2 Å². The van der Waals surface area contributed by atoms with Gasteiger partial charge in [0.2, 0.25) is 0 Å². The zero-order valence-corrected chi connectivity index (χ0v) is 14.5. The molecule has 25 heavy (non-hydrogen) atoms. The van der Waals surface area contributed by atoms with E-state index in [1.165, 1.54) is 25.7 Å². The van der Waals surface area contributed by atoms with Crippen molar-refractivity contribution in [1.82, 2.24) is 4.98 Å². The first-order chi connectivity index (χ1) is 12.2. The maximum Gasteiger partial charge on any atom is 0.255 e. The Bertz CT molecular complexity index is 725. The third kappa shape index (κ3) is 4.21. The van der Waals surface area contributed by atoms with Crippen LogP contribution in [0, 0.1) is 0 Å². The third-order valence-corrected chi connectivity index (χ3v) is 4.37. The molecule has 0 bridgehead atoms. The van der Waals surface area contributed by atoms with Gasteiger partial charge in [-0.1, -0.05) is 12.8 Å². The lowest BCUT2D eigenvalue weighted by molar-refractivity contribution is 0.102. The van der Waals surface area contributed by atoms with Crippen molar-refractivity contribution >= 4 is 17.4 Å². The summed E-state index contributed by atoms with van der Waals surface area (Å²) in [6.07, 6.45) is 6.60. The highest BCUT2D eigenvalue weighted by Gasteiger charge is 2.15. The summed E-state index contributed by atoms with van der Waals surface area (Å²) in [6.45, 7) is 0. The van der Waals surface area contributed by atoms with Crippen LogP contribution in [0.25, 0.3) is 0 Å². The summed E-state index contributed by atoms with van der Waals surface area (Å²) in [6, 6.07) is 9.31. The Morgan fingerprint density at radius 3 is 2.48 bits per heavy atom.